The predicted molar refractivity (Wildman–Crippen MR) is 26.0 cm³/mol. The molecular weight excluding hydrogens is 148 g/mol. The van der Waals surface area contributed by atoms with Crippen molar-refractivity contribution < 1.29 is 14.0 Å². The molecule has 2 nitrogen and oxygen atoms in total. The normalized spacial score (nSPS) is 23.2. The van der Waals surface area contributed by atoms with Crippen LogP contribution >= 0.6 is 15.9 Å². The van der Waals surface area contributed by atoms with Crippen LogP contribution in [0.25, 0.3) is 0 Å². The minimum Gasteiger partial charge on any atom is -0.480 e. The Labute approximate surface area is 48.5 Å². The molecule has 36 valence electrons. The molecule has 0 aliphatic rings. The molecule has 1 unspecified atom stereocenters. The number of hydrogen-bond acceptors (Lipinski definition) is 1. The van der Waals surface area contributed by atoms with Crippen LogP contribution in [0.2, 0.25) is 0 Å². The van der Waals surface area contributed by atoms with Crippen molar-refractivity contribution in [1.82, 2.24) is 0 Å². The van der Waals surface area contributed by atoms with Gasteiger partial charge in [0.25, 0.3) is 0 Å². The summed E-state index contributed by atoms with van der Waals surface area (Å²) in [6.45, 7) is -2.45. The lowest BCUT2D eigenvalue weighted by molar-refractivity contribution is -0.135. The van der Waals surface area contributed by atoms with Crippen LogP contribution in [-0.4, -0.2) is 15.9 Å². The number of carbonyl (C=O) groups is 1. The Hall–Kier alpha value is -0.0500. The third kappa shape index (κ3) is 2.20. The highest BCUT2D eigenvalue weighted by atomic mass is 79.9. The summed E-state index contributed by atoms with van der Waals surface area (Å²) in [7, 11) is 0. The van der Waals surface area contributed by atoms with Crippen molar-refractivity contribution in [1.29, 1.82) is 0 Å². The van der Waals surface area contributed by atoms with Crippen molar-refractivity contribution in [2.45, 2.75) is 11.7 Å². The van der Waals surface area contributed by atoms with E-state index in [1.165, 1.54) is 0 Å². The largest absolute Gasteiger partial charge is 0.480 e. The Morgan fingerprint density at radius 1 is 2.33 bits per heavy atom. The number of halogens is 1. The van der Waals surface area contributed by atoms with E-state index in [0.717, 1.165) is 0 Å². The van der Waals surface area contributed by atoms with Gasteiger partial charge in [0.15, 0.2) is 0 Å². The fourth-order valence-corrected chi connectivity index (χ4v) is 0. The van der Waals surface area contributed by atoms with Crippen molar-refractivity contribution in [3.63, 3.8) is 0 Å². The molecule has 0 radical (unpaired) electrons. The number of aliphatic carboxylic acids is 1. The average molecular weight is 156 g/mol. The standard InChI is InChI=1S/C3H5BrO2/c1-2(4)3(5)6/h2H,1H3,(H,5,6)/i1D3. The van der Waals surface area contributed by atoms with Gasteiger partial charge >= 0.3 is 5.97 Å². The maximum absolute atomic E-state index is 9.94. The van der Waals surface area contributed by atoms with Crippen LogP contribution in [0.1, 0.15) is 11.0 Å². The molecule has 0 saturated heterocycles. The topological polar surface area (TPSA) is 37.3 Å². The minimum atomic E-state index is -2.45. The lowest BCUT2D eigenvalue weighted by Crippen LogP contribution is -2.06. The van der Waals surface area contributed by atoms with Gasteiger partial charge in [0.2, 0.25) is 0 Å². The lowest BCUT2D eigenvalue weighted by atomic mass is 10.5. The molecule has 6 heavy (non-hydrogen) atoms. The van der Waals surface area contributed by atoms with Crippen LogP contribution in [0.3, 0.4) is 0 Å². The molecule has 0 heterocycles. The molecule has 0 rings (SSSR count). The molecule has 3 heteroatoms. The van der Waals surface area contributed by atoms with E-state index >= 15 is 0 Å². The molecule has 0 bridgehead atoms. The van der Waals surface area contributed by atoms with Crippen LogP contribution in [0, 0.1) is 0 Å². The molecule has 0 aliphatic carbocycles. The summed E-state index contributed by atoms with van der Waals surface area (Å²) in [5, 5.41) is 8.11. The summed E-state index contributed by atoms with van der Waals surface area (Å²) in [5.74, 6) is -1.37. The highest BCUT2D eigenvalue weighted by molar-refractivity contribution is 9.10. The molecule has 0 saturated carbocycles. The lowest BCUT2D eigenvalue weighted by Gasteiger charge is -1.87. The Kier molecular flexibility index (Phi) is 0.839. The quantitative estimate of drug-likeness (QED) is 0.571. The van der Waals surface area contributed by atoms with Crippen molar-refractivity contribution in [3.8, 4) is 0 Å². The van der Waals surface area contributed by atoms with E-state index in [2.05, 4.69) is 15.9 Å². The zero-order chi connectivity index (χ0) is 7.65. The zero-order valence-electron chi connectivity index (χ0n) is 5.81. The third-order valence-electron chi connectivity index (χ3n) is 0.217. The van der Waals surface area contributed by atoms with Gasteiger partial charge in [-0.25, -0.2) is 0 Å². The summed E-state index contributed by atoms with van der Waals surface area (Å²) in [6, 6.07) is 0. The van der Waals surface area contributed by atoms with Gasteiger partial charge in [0.1, 0.15) is 4.83 Å². The van der Waals surface area contributed by atoms with Crippen molar-refractivity contribution in [2.24, 2.45) is 0 Å². The van der Waals surface area contributed by atoms with Crippen LogP contribution in [0.5, 0.6) is 0 Å². The first-order chi connectivity index (χ1) is 3.85. The number of rotatable bonds is 1. The molecule has 0 aromatic rings. The zero-order valence-corrected chi connectivity index (χ0v) is 4.40. The van der Waals surface area contributed by atoms with E-state index in [0.29, 0.717) is 0 Å². The molecule has 0 fully saturated rings. The van der Waals surface area contributed by atoms with Crippen LogP contribution in [0.4, 0.5) is 0 Å². The van der Waals surface area contributed by atoms with Crippen LogP contribution in [-0.2, 0) is 4.79 Å². The van der Waals surface area contributed by atoms with Gasteiger partial charge < -0.3 is 5.11 Å². The summed E-state index contributed by atoms with van der Waals surface area (Å²) in [5.41, 5.74) is 0. The van der Waals surface area contributed by atoms with Gasteiger partial charge in [-0.2, -0.15) is 0 Å². The van der Waals surface area contributed by atoms with Crippen LogP contribution in [0.15, 0.2) is 0 Å². The summed E-state index contributed by atoms with van der Waals surface area (Å²) in [4.78, 5) is 8.49. The van der Waals surface area contributed by atoms with E-state index in [4.69, 9.17) is 9.22 Å². The highest BCUT2D eigenvalue weighted by Gasteiger charge is 2.01. The van der Waals surface area contributed by atoms with Crippen molar-refractivity contribution in [3.05, 3.63) is 0 Å². The van der Waals surface area contributed by atoms with E-state index in [1.54, 1.807) is 0 Å². The van der Waals surface area contributed by atoms with Gasteiger partial charge in [0, 0.05) is 4.11 Å². The first kappa shape index (κ1) is 2.31. The average Bonchev–Trinajstić information content (AvgIpc) is 1.62. The number of carboxylic acid groups (broad SMARTS) is 1. The van der Waals surface area contributed by atoms with Crippen molar-refractivity contribution >= 4 is 21.9 Å². The molecule has 0 spiro atoms. The van der Waals surface area contributed by atoms with Gasteiger partial charge in [-0.15, -0.1) is 0 Å². The SMILES string of the molecule is [2H]C([2H])([2H])C(Br)C(=O)O. The number of hydrogen-bond donors (Lipinski definition) is 1. The Morgan fingerprint density at radius 3 is 2.83 bits per heavy atom. The monoisotopic (exact) mass is 155 g/mol. The Morgan fingerprint density at radius 2 is 2.83 bits per heavy atom. The fraction of sp³-hybridized carbons (Fsp3) is 0.667. The molecule has 1 atom stereocenters. The molecule has 0 aromatic heterocycles. The van der Waals surface area contributed by atoms with E-state index in [9.17, 15) is 4.79 Å². The second-order valence-electron chi connectivity index (χ2n) is 0.701. The van der Waals surface area contributed by atoms with Gasteiger partial charge in [0.05, 0.1) is 0 Å². The van der Waals surface area contributed by atoms with E-state index < -0.39 is 17.6 Å². The first-order valence-electron chi connectivity index (χ1n) is 2.72. The number of carboxylic acids is 1. The Bertz CT molecular complexity index is 121. The smallest absolute Gasteiger partial charge is 0.316 e. The molecule has 0 amide bonds. The molecule has 1 N–H and O–H groups in total. The third-order valence-corrected chi connectivity index (χ3v) is 0.608. The second-order valence-corrected chi connectivity index (χ2v) is 1.62. The Balaban J connectivity index is 4.04. The first-order valence-corrected chi connectivity index (χ1v) is 2.14. The maximum atomic E-state index is 9.94. The predicted octanol–water partition coefficient (Wildman–Crippen LogP) is 0.854. The second kappa shape index (κ2) is 2.18. The highest BCUT2D eigenvalue weighted by Crippen LogP contribution is 1.93. The fourth-order valence-electron chi connectivity index (χ4n) is 0. The minimum absolute atomic E-state index is 1.37. The molecule has 0 aromatic carbocycles. The van der Waals surface area contributed by atoms with Crippen molar-refractivity contribution in [2.75, 3.05) is 0 Å². The van der Waals surface area contributed by atoms with E-state index in [-0.39, 0.29) is 0 Å². The molecular formula is C3H5BrO2. The van der Waals surface area contributed by atoms with Crippen LogP contribution < -0.4 is 0 Å². The van der Waals surface area contributed by atoms with Gasteiger partial charge in [-0.05, 0) is 6.85 Å². The summed E-state index contributed by atoms with van der Waals surface area (Å²) in [6.07, 6.45) is 0. The summed E-state index contributed by atoms with van der Waals surface area (Å²) < 4.78 is 19.7. The van der Waals surface area contributed by atoms with Gasteiger partial charge in [-0.3, -0.25) is 4.79 Å². The maximum Gasteiger partial charge on any atom is 0.316 e. The van der Waals surface area contributed by atoms with Gasteiger partial charge in [-0.1, -0.05) is 15.9 Å². The number of alkyl halides is 1. The summed E-state index contributed by atoms with van der Waals surface area (Å²) >= 11 is 2.50. The van der Waals surface area contributed by atoms with E-state index in [1.807, 2.05) is 0 Å². The molecule has 0 aliphatic heterocycles.